The van der Waals surface area contributed by atoms with Crippen LogP contribution in [0.1, 0.15) is 78.2 Å². The number of aliphatic imine (C=N–C) groups is 1. The molecule has 0 aliphatic carbocycles. The molecule has 12 heteroatoms. The number of nitrogens with zero attached hydrogens (tertiary/aromatic N) is 5. The maximum absolute atomic E-state index is 13.7. The highest BCUT2D eigenvalue weighted by molar-refractivity contribution is 6.30. The number of aryl methyl sites for hydroxylation is 2. The lowest BCUT2D eigenvalue weighted by Gasteiger charge is -2.39. The Morgan fingerprint density at radius 3 is 2.70 bits per heavy atom. The maximum Gasteiger partial charge on any atom is 0.278 e. The number of guanidine groups is 1. The van der Waals surface area contributed by atoms with Gasteiger partial charge in [0.15, 0.2) is 23.1 Å². The van der Waals surface area contributed by atoms with Crippen molar-refractivity contribution in [2.75, 3.05) is 33.4 Å². The van der Waals surface area contributed by atoms with Crippen LogP contribution >= 0.6 is 11.6 Å². The number of rotatable bonds is 11. The van der Waals surface area contributed by atoms with Crippen molar-refractivity contribution < 1.29 is 19.1 Å². The first-order valence-electron chi connectivity index (χ1n) is 15.5. The second kappa shape index (κ2) is 14.0. The van der Waals surface area contributed by atoms with Crippen molar-refractivity contribution in [1.29, 1.82) is 0 Å². The van der Waals surface area contributed by atoms with Gasteiger partial charge >= 0.3 is 0 Å². The van der Waals surface area contributed by atoms with Gasteiger partial charge in [-0.15, -0.1) is 0 Å². The first-order valence-corrected chi connectivity index (χ1v) is 15.8. The lowest BCUT2D eigenvalue weighted by Crippen LogP contribution is -2.57. The summed E-state index contributed by atoms with van der Waals surface area (Å²) >= 11 is 6.14. The molecule has 1 fully saturated rings. The Morgan fingerprint density at radius 2 is 1.98 bits per heavy atom. The van der Waals surface area contributed by atoms with Gasteiger partial charge in [-0.05, 0) is 57.2 Å². The van der Waals surface area contributed by atoms with Gasteiger partial charge in [0.2, 0.25) is 0 Å². The highest BCUT2D eigenvalue weighted by Gasteiger charge is 2.40. The van der Waals surface area contributed by atoms with Gasteiger partial charge in [0.25, 0.3) is 11.8 Å². The average molecular weight is 624 g/mol. The molecular formula is C32H42ClN7O4. The Hall–Kier alpha value is -3.54. The highest BCUT2D eigenvalue weighted by atomic mass is 35.5. The topological polar surface area (TPSA) is 123 Å². The second-order valence-corrected chi connectivity index (χ2v) is 11.8. The van der Waals surface area contributed by atoms with E-state index in [0.717, 1.165) is 30.2 Å². The second-order valence-electron chi connectivity index (χ2n) is 11.5. The Bertz CT molecular complexity index is 1530. The van der Waals surface area contributed by atoms with Crippen molar-refractivity contribution in [1.82, 2.24) is 30.1 Å². The molecule has 2 N–H and O–H groups in total. The summed E-state index contributed by atoms with van der Waals surface area (Å²) in [6, 6.07) is 7.89. The zero-order valence-electron chi connectivity index (χ0n) is 26.0. The number of ether oxygens (including phenoxy) is 2. The van der Waals surface area contributed by atoms with E-state index in [2.05, 4.69) is 37.1 Å². The lowest BCUT2D eigenvalue weighted by molar-refractivity contribution is -0.129. The van der Waals surface area contributed by atoms with Crippen LogP contribution in [0.2, 0.25) is 5.15 Å². The van der Waals surface area contributed by atoms with Crippen LogP contribution in [-0.4, -0.2) is 82.4 Å². The zero-order chi connectivity index (χ0) is 31.3. The summed E-state index contributed by atoms with van der Waals surface area (Å²) in [5.74, 6) is 0.0363. The number of carbonyl (C=O) groups excluding carboxylic acids is 2. The molecule has 3 aromatic rings. The third-order valence-corrected chi connectivity index (χ3v) is 8.89. The SMILES string of the molecule is CCCCC(OC)OCCn1ccc2c(C(=O)N3CCC4(CC3)CN=C(NC(=O)c3nc(Cl)c(C)nc3CC)N4)cccc21. The van der Waals surface area contributed by atoms with E-state index in [1.165, 1.54) is 0 Å². The minimum Gasteiger partial charge on any atom is -0.356 e. The summed E-state index contributed by atoms with van der Waals surface area (Å²) in [7, 11) is 1.68. The molecule has 0 bridgehead atoms. The standard InChI is InChI=1S/C32H42ClN7O4/c1-5-7-11-26(43-4)44-19-18-39-15-12-22-23(9-8-10-25(22)39)30(42)40-16-13-32(14-17-40)20-34-31(38-32)37-29(41)27-24(6-2)35-21(3)28(33)36-27/h8-10,12,15,26H,5-7,11,13-14,16-20H2,1-4H3,(H2,34,37,38,41). The first kappa shape index (κ1) is 31.9. The minimum atomic E-state index is -0.395. The molecule has 0 radical (unpaired) electrons. The van der Waals surface area contributed by atoms with Crippen LogP contribution < -0.4 is 10.6 Å². The Kier molecular flexibility index (Phi) is 10.2. The number of nitrogens with one attached hydrogen (secondary N) is 2. The average Bonchev–Trinajstić information content (AvgIpc) is 3.63. The molecule has 4 heterocycles. The molecule has 2 aliphatic rings. The molecule has 1 saturated heterocycles. The summed E-state index contributed by atoms with van der Waals surface area (Å²) < 4.78 is 13.5. The molecule has 1 aromatic carbocycles. The van der Waals surface area contributed by atoms with E-state index in [9.17, 15) is 9.59 Å². The number of hydrogen-bond donors (Lipinski definition) is 2. The molecule has 44 heavy (non-hydrogen) atoms. The number of benzene rings is 1. The Labute approximate surface area is 263 Å². The van der Waals surface area contributed by atoms with Gasteiger partial charge in [0.1, 0.15) is 0 Å². The number of unbranched alkanes of at least 4 members (excludes halogenated alkanes) is 1. The number of carbonyl (C=O) groups is 2. The fraction of sp³-hybridized carbons (Fsp3) is 0.531. The number of aromatic nitrogens is 3. The van der Waals surface area contributed by atoms with Gasteiger partial charge < -0.3 is 24.3 Å². The van der Waals surface area contributed by atoms with Gasteiger partial charge in [0, 0.05) is 49.4 Å². The molecule has 236 valence electrons. The minimum absolute atomic E-state index is 0.0211. The lowest BCUT2D eigenvalue weighted by atomic mass is 9.88. The van der Waals surface area contributed by atoms with E-state index in [4.69, 9.17) is 21.1 Å². The fourth-order valence-electron chi connectivity index (χ4n) is 5.89. The van der Waals surface area contributed by atoms with Crippen LogP contribution in [0.15, 0.2) is 35.5 Å². The van der Waals surface area contributed by atoms with Crippen molar-refractivity contribution in [3.8, 4) is 0 Å². The number of amides is 2. The zero-order valence-corrected chi connectivity index (χ0v) is 26.7. The van der Waals surface area contributed by atoms with Crippen molar-refractivity contribution >= 4 is 40.3 Å². The van der Waals surface area contributed by atoms with E-state index in [0.29, 0.717) is 75.0 Å². The monoisotopic (exact) mass is 623 g/mol. The Morgan fingerprint density at radius 1 is 1.18 bits per heavy atom. The quantitative estimate of drug-likeness (QED) is 0.302. The first-order chi connectivity index (χ1) is 21.3. The van der Waals surface area contributed by atoms with E-state index >= 15 is 0 Å². The molecule has 11 nitrogen and oxygen atoms in total. The third-order valence-electron chi connectivity index (χ3n) is 8.53. The number of fused-ring (bicyclic) bond motifs is 1. The van der Waals surface area contributed by atoms with Crippen LogP contribution in [0.5, 0.6) is 0 Å². The van der Waals surface area contributed by atoms with Gasteiger partial charge in [-0.3, -0.25) is 24.9 Å². The number of piperidine rings is 1. The van der Waals surface area contributed by atoms with Gasteiger partial charge in [0.05, 0.1) is 30.1 Å². The summed E-state index contributed by atoms with van der Waals surface area (Å²) in [5, 5.41) is 7.41. The molecule has 0 saturated carbocycles. The largest absolute Gasteiger partial charge is 0.356 e. The van der Waals surface area contributed by atoms with Crippen LogP contribution in [-0.2, 0) is 22.4 Å². The van der Waals surface area contributed by atoms with Gasteiger partial charge in [-0.25, -0.2) is 4.98 Å². The molecule has 2 aromatic heterocycles. The predicted octanol–water partition coefficient (Wildman–Crippen LogP) is 4.50. The van der Waals surface area contributed by atoms with Crippen LogP contribution in [0, 0.1) is 6.92 Å². The third kappa shape index (κ3) is 6.90. The van der Waals surface area contributed by atoms with E-state index in [-0.39, 0.29) is 28.6 Å². The number of likely N-dealkylation sites (tertiary alicyclic amines) is 1. The summed E-state index contributed by atoms with van der Waals surface area (Å²) in [5.41, 5.74) is 2.78. The summed E-state index contributed by atoms with van der Waals surface area (Å²) in [6.45, 7) is 8.73. The highest BCUT2D eigenvalue weighted by Crippen LogP contribution is 2.29. The fourth-order valence-corrected chi connectivity index (χ4v) is 6.02. The molecule has 5 rings (SSSR count). The Balaban J connectivity index is 1.17. The van der Waals surface area contributed by atoms with Crippen molar-refractivity contribution in [3.05, 3.63) is 58.3 Å². The van der Waals surface area contributed by atoms with Gasteiger partial charge in [-0.2, -0.15) is 0 Å². The number of halogens is 1. The van der Waals surface area contributed by atoms with Gasteiger partial charge in [-0.1, -0.05) is 37.9 Å². The number of methoxy groups -OCH3 is 1. The van der Waals surface area contributed by atoms with Crippen LogP contribution in [0.25, 0.3) is 10.9 Å². The summed E-state index contributed by atoms with van der Waals surface area (Å²) in [6.07, 6.45) is 6.85. The van der Waals surface area contributed by atoms with Crippen LogP contribution in [0.3, 0.4) is 0 Å². The predicted molar refractivity (Wildman–Crippen MR) is 170 cm³/mol. The number of hydrogen-bond acceptors (Lipinski definition) is 8. The molecule has 2 amide bonds. The van der Waals surface area contributed by atoms with Crippen molar-refractivity contribution in [2.45, 2.75) is 77.7 Å². The van der Waals surface area contributed by atoms with E-state index in [1.807, 2.05) is 42.3 Å². The smallest absolute Gasteiger partial charge is 0.278 e. The molecule has 1 unspecified atom stereocenters. The summed E-state index contributed by atoms with van der Waals surface area (Å²) in [4.78, 5) is 41.8. The van der Waals surface area contributed by atoms with Crippen LogP contribution in [0.4, 0.5) is 0 Å². The normalized spacial score (nSPS) is 16.7. The molecule has 2 aliphatic heterocycles. The van der Waals surface area contributed by atoms with E-state index in [1.54, 1.807) is 14.0 Å². The molecular weight excluding hydrogens is 582 g/mol. The van der Waals surface area contributed by atoms with Crippen molar-refractivity contribution in [3.63, 3.8) is 0 Å². The molecule has 1 atom stereocenters. The van der Waals surface area contributed by atoms with Crippen molar-refractivity contribution in [2.24, 2.45) is 4.99 Å². The van der Waals surface area contributed by atoms with E-state index < -0.39 is 5.91 Å². The maximum atomic E-state index is 13.7. The molecule has 1 spiro atoms.